The molecule has 0 spiro atoms. The van der Waals surface area contributed by atoms with E-state index in [4.69, 9.17) is 0 Å². The van der Waals surface area contributed by atoms with Crippen LogP contribution in [0.1, 0.15) is 44.8 Å². The summed E-state index contributed by atoms with van der Waals surface area (Å²) in [6.07, 6.45) is 3.67. The molecule has 0 N–H and O–H groups in total. The molecule has 2 aliphatic rings. The van der Waals surface area contributed by atoms with E-state index in [0.717, 1.165) is 39.0 Å². The fourth-order valence-corrected chi connectivity index (χ4v) is 4.17. The van der Waals surface area contributed by atoms with Gasteiger partial charge in [0.1, 0.15) is 5.69 Å². The lowest BCUT2D eigenvalue weighted by molar-refractivity contribution is 0.0740. The Labute approximate surface area is 172 Å². The summed E-state index contributed by atoms with van der Waals surface area (Å²) in [5.74, 6) is -0.0969. The highest BCUT2D eigenvalue weighted by molar-refractivity contribution is 5.98. The Bertz CT molecular complexity index is 913. The number of carbonyl (C=O) groups excluding carboxylic acids is 2. The molecule has 0 atom stereocenters. The molecule has 0 radical (unpaired) electrons. The molecule has 152 valence electrons. The Hall–Kier alpha value is -2.89. The van der Waals surface area contributed by atoms with Gasteiger partial charge < -0.3 is 14.7 Å². The summed E-state index contributed by atoms with van der Waals surface area (Å²) < 4.78 is 0. The average molecular weight is 393 g/mol. The van der Waals surface area contributed by atoms with E-state index in [1.54, 1.807) is 18.3 Å². The van der Waals surface area contributed by atoms with Crippen molar-refractivity contribution in [3.05, 3.63) is 58.9 Å². The lowest BCUT2D eigenvalue weighted by Crippen LogP contribution is -2.49. The molecule has 1 aromatic heterocycles. The number of aromatic nitrogens is 1. The van der Waals surface area contributed by atoms with Crippen LogP contribution in [0.25, 0.3) is 0 Å². The number of rotatable bonds is 3. The third-order valence-corrected chi connectivity index (χ3v) is 6.10. The van der Waals surface area contributed by atoms with Crippen molar-refractivity contribution in [1.82, 2.24) is 14.8 Å². The molecule has 2 saturated heterocycles. The Kier molecular flexibility index (Phi) is 5.51. The number of carbonyl (C=O) groups is 2. The topological polar surface area (TPSA) is 56.8 Å². The van der Waals surface area contributed by atoms with Gasteiger partial charge >= 0.3 is 0 Å². The molecule has 0 unspecified atom stereocenters. The fourth-order valence-electron chi connectivity index (χ4n) is 4.17. The number of likely N-dealkylation sites (tertiary alicyclic amines) is 1. The summed E-state index contributed by atoms with van der Waals surface area (Å²) >= 11 is 0. The number of piperazine rings is 1. The van der Waals surface area contributed by atoms with Crippen molar-refractivity contribution in [2.24, 2.45) is 0 Å². The van der Waals surface area contributed by atoms with E-state index in [0.29, 0.717) is 24.3 Å². The van der Waals surface area contributed by atoms with Crippen molar-refractivity contribution >= 4 is 17.5 Å². The predicted octanol–water partition coefficient (Wildman–Crippen LogP) is 2.90. The molecule has 4 rings (SSSR count). The number of nitrogens with zero attached hydrogens (tertiary/aromatic N) is 4. The lowest BCUT2D eigenvalue weighted by atomic mass is 10.1. The first kappa shape index (κ1) is 19.4. The first-order valence-electron chi connectivity index (χ1n) is 10.4. The van der Waals surface area contributed by atoms with Crippen molar-refractivity contribution in [2.75, 3.05) is 44.2 Å². The van der Waals surface area contributed by atoms with Crippen LogP contribution in [-0.4, -0.2) is 65.9 Å². The summed E-state index contributed by atoms with van der Waals surface area (Å²) in [4.78, 5) is 35.9. The van der Waals surface area contributed by atoms with E-state index in [1.165, 1.54) is 16.8 Å². The molecule has 1 aromatic carbocycles. The second kappa shape index (κ2) is 8.23. The summed E-state index contributed by atoms with van der Waals surface area (Å²) in [5.41, 5.74) is 4.73. The van der Waals surface area contributed by atoms with Crippen LogP contribution in [0.4, 0.5) is 5.69 Å². The van der Waals surface area contributed by atoms with Crippen LogP contribution < -0.4 is 4.90 Å². The zero-order valence-electron chi connectivity index (χ0n) is 17.2. The number of hydrogen-bond acceptors (Lipinski definition) is 4. The molecular formula is C23H28N4O2. The first-order valence-corrected chi connectivity index (χ1v) is 10.4. The minimum Gasteiger partial charge on any atom is -0.368 e. The predicted molar refractivity (Wildman–Crippen MR) is 113 cm³/mol. The van der Waals surface area contributed by atoms with Gasteiger partial charge in [-0.1, -0.05) is 12.1 Å². The quantitative estimate of drug-likeness (QED) is 0.806. The van der Waals surface area contributed by atoms with Gasteiger partial charge in [0.05, 0.1) is 0 Å². The fraction of sp³-hybridized carbons (Fsp3) is 0.435. The average Bonchev–Trinajstić information content (AvgIpc) is 3.30. The number of anilines is 1. The van der Waals surface area contributed by atoms with Crippen molar-refractivity contribution < 1.29 is 9.59 Å². The Balaban J connectivity index is 1.43. The molecule has 6 nitrogen and oxygen atoms in total. The molecule has 0 saturated carbocycles. The molecule has 0 bridgehead atoms. The molecular weight excluding hydrogens is 364 g/mol. The van der Waals surface area contributed by atoms with Gasteiger partial charge in [0.25, 0.3) is 11.8 Å². The number of aryl methyl sites for hydroxylation is 1. The first-order chi connectivity index (χ1) is 14.0. The lowest BCUT2D eigenvalue weighted by Gasteiger charge is -2.37. The second-order valence-electron chi connectivity index (χ2n) is 7.93. The van der Waals surface area contributed by atoms with Crippen molar-refractivity contribution in [3.8, 4) is 0 Å². The molecule has 29 heavy (non-hydrogen) atoms. The number of hydrogen-bond donors (Lipinski definition) is 0. The maximum absolute atomic E-state index is 13.0. The molecule has 2 amide bonds. The van der Waals surface area contributed by atoms with E-state index in [2.05, 4.69) is 41.9 Å². The van der Waals surface area contributed by atoms with Crippen molar-refractivity contribution in [3.63, 3.8) is 0 Å². The molecule has 2 aromatic rings. The zero-order valence-corrected chi connectivity index (χ0v) is 17.2. The highest BCUT2D eigenvalue weighted by atomic mass is 16.2. The van der Waals surface area contributed by atoms with Crippen LogP contribution in [0.2, 0.25) is 0 Å². The summed E-state index contributed by atoms with van der Waals surface area (Å²) in [5, 5.41) is 0. The van der Waals surface area contributed by atoms with Gasteiger partial charge in [-0.25, -0.2) is 0 Å². The largest absolute Gasteiger partial charge is 0.368 e. The smallest absolute Gasteiger partial charge is 0.272 e. The molecule has 2 fully saturated rings. The summed E-state index contributed by atoms with van der Waals surface area (Å²) in [6.45, 7) is 8.76. The van der Waals surface area contributed by atoms with Crippen LogP contribution in [0.15, 0.2) is 36.5 Å². The minimum atomic E-state index is -0.0957. The monoisotopic (exact) mass is 392 g/mol. The number of benzene rings is 1. The highest BCUT2D eigenvalue weighted by Gasteiger charge is 2.25. The van der Waals surface area contributed by atoms with Crippen LogP contribution in [-0.2, 0) is 0 Å². The Morgan fingerprint density at radius 1 is 0.862 bits per heavy atom. The maximum atomic E-state index is 13.0. The molecule has 2 aliphatic heterocycles. The second-order valence-corrected chi connectivity index (χ2v) is 7.93. The molecule has 0 aliphatic carbocycles. The van der Waals surface area contributed by atoms with Gasteiger partial charge in [0.15, 0.2) is 0 Å². The minimum absolute atomic E-state index is 0.00121. The van der Waals surface area contributed by atoms with E-state index in [9.17, 15) is 9.59 Å². The summed E-state index contributed by atoms with van der Waals surface area (Å²) in [6, 6.07) is 9.72. The standard InChI is InChI=1S/C23H28N4O2/c1-17-6-5-7-21(18(17)2)25-12-14-27(15-13-25)23(29)20-16-19(8-9-24-20)22(28)26-10-3-4-11-26/h5-9,16H,3-4,10-15H2,1-2H3. The summed E-state index contributed by atoms with van der Waals surface area (Å²) in [7, 11) is 0. The molecule has 6 heteroatoms. The molecule has 3 heterocycles. The van der Waals surface area contributed by atoms with Crippen LogP contribution >= 0.6 is 0 Å². The van der Waals surface area contributed by atoms with Gasteiger partial charge in [-0.05, 0) is 56.0 Å². The number of pyridine rings is 1. The zero-order chi connectivity index (χ0) is 20.4. The normalized spacial score (nSPS) is 17.0. The SMILES string of the molecule is Cc1cccc(N2CCN(C(=O)c3cc(C(=O)N4CCCC4)ccn3)CC2)c1C. The van der Waals surface area contributed by atoms with Crippen molar-refractivity contribution in [1.29, 1.82) is 0 Å². The van der Waals surface area contributed by atoms with Gasteiger partial charge in [-0.3, -0.25) is 14.6 Å². The Morgan fingerprint density at radius 3 is 2.28 bits per heavy atom. The van der Waals surface area contributed by atoms with Gasteiger partial charge in [-0.15, -0.1) is 0 Å². The third kappa shape index (κ3) is 3.97. The van der Waals surface area contributed by atoms with Gasteiger partial charge in [-0.2, -0.15) is 0 Å². The van der Waals surface area contributed by atoms with Gasteiger partial charge in [0.2, 0.25) is 0 Å². The van der Waals surface area contributed by atoms with E-state index < -0.39 is 0 Å². The van der Waals surface area contributed by atoms with Crippen LogP contribution in [0.5, 0.6) is 0 Å². The Morgan fingerprint density at radius 2 is 1.55 bits per heavy atom. The van der Waals surface area contributed by atoms with Crippen LogP contribution in [0, 0.1) is 13.8 Å². The van der Waals surface area contributed by atoms with Crippen molar-refractivity contribution in [2.45, 2.75) is 26.7 Å². The van der Waals surface area contributed by atoms with Crippen LogP contribution in [0.3, 0.4) is 0 Å². The number of amides is 2. The maximum Gasteiger partial charge on any atom is 0.272 e. The third-order valence-electron chi connectivity index (χ3n) is 6.10. The van der Waals surface area contributed by atoms with E-state index in [-0.39, 0.29) is 11.8 Å². The van der Waals surface area contributed by atoms with E-state index >= 15 is 0 Å². The highest BCUT2D eigenvalue weighted by Crippen LogP contribution is 2.24. The van der Waals surface area contributed by atoms with Gasteiger partial charge in [0, 0.05) is 56.7 Å². The van der Waals surface area contributed by atoms with E-state index in [1.807, 2.05) is 9.80 Å².